The Labute approximate surface area is 190 Å². The minimum absolute atomic E-state index is 0.0848. The Kier molecular flexibility index (Phi) is 6.87. The van der Waals surface area contributed by atoms with Crippen LogP contribution < -0.4 is 5.32 Å². The maximum Gasteiger partial charge on any atom is 0.322 e. The third kappa shape index (κ3) is 5.36. The third-order valence-electron chi connectivity index (χ3n) is 6.41. The molecular weight excluding hydrogens is 394 g/mol. The average Bonchev–Trinajstić information content (AvgIpc) is 2.85. The molecule has 1 aliphatic rings. The van der Waals surface area contributed by atoms with Crippen molar-refractivity contribution in [3.63, 3.8) is 0 Å². The number of carbonyl (C=O) groups excluding carboxylic acids is 1. The maximum atomic E-state index is 13.3. The number of aryl methyl sites for hydroxylation is 1. The van der Waals surface area contributed by atoms with Gasteiger partial charge in [-0.25, -0.2) is 4.79 Å². The Balaban J connectivity index is 1.48. The van der Waals surface area contributed by atoms with Crippen LogP contribution in [0.5, 0.6) is 0 Å². The van der Waals surface area contributed by atoms with Crippen molar-refractivity contribution < 1.29 is 4.79 Å². The van der Waals surface area contributed by atoms with E-state index in [1.165, 1.54) is 11.1 Å². The molecule has 1 N–H and O–H groups in total. The van der Waals surface area contributed by atoms with Crippen LogP contribution in [0.4, 0.5) is 10.5 Å². The molecule has 4 nitrogen and oxygen atoms in total. The number of nitriles is 1. The number of hydrogen-bond acceptors (Lipinski definition) is 2. The first kappa shape index (κ1) is 21.6. The van der Waals surface area contributed by atoms with Crippen LogP contribution in [-0.2, 0) is 6.54 Å². The Bertz CT molecular complexity index is 1060. The molecular formula is C28H29N3O. The van der Waals surface area contributed by atoms with E-state index in [1.807, 2.05) is 4.90 Å². The lowest BCUT2D eigenvalue weighted by Crippen LogP contribution is -2.44. The van der Waals surface area contributed by atoms with Crippen LogP contribution in [-0.4, -0.2) is 17.0 Å². The molecule has 1 aliphatic carbocycles. The maximum absolute atomic E-state index is 13.3. The number of nitrogens with one attached hydrogen (secondary N) is 1. The Morgan fingerprint density at radius 1 is 0.938 bits per heavy atom. The largest absolute Gasteiger partial charge is 0.322 e. The van der Waals surface area contributed by atoms with Crippen molar-refractivity contribution in [2.45, 2.75) is 51.1 Å². The summed E-state index contributed by atoms with van der Waals surface area (Å²) in [6.45, 7) is 2.66. The molecule has 1 saturated carbocycles. The van der Waals surface area contributed by atoms with Gasteiger partial charge in [0.15, 0.2) is 0 Å². The van der Waals surface area contributed by atoms with Gasteiger partial charge in [0.1, 0.15) is 0 Å². The molecule has 0 aliphatic heterocycles. The fourth-order valence-electron chi connectivity index (χ4n) is 4.53. The quantitative estimate of drug-likeness (QED) is 0.501. The molecule has 0 bridgehead atoms. The highest BCUT2D eigenvalue weighted by molar-refractivity contribution is 5.89. The first-order chi connectivity index (χ1) is 15.6. The van der Waals surface area contributed by atoms with Gasteiger partial charge in [-0.05, 0) is 73.9 Å². The van der Waals surface area contributed by atoms with Crippen LogP contribution in [0.1, 0.15) is 53.9 Å². The monoisotopic (exact) mass is 423 g/mol. The van der Waals surface area contributed by atoms with Crippen molar-refractivity contribution in [2.75, 3.05) is 5.32 Å². The van der Waals surface area contributed by atoms with Crippen molar-refractivity contribution >= 4 is 11.7 Å². The summed E-state index contributed by atoms with van der Waals surface area (Å²) in [7, 11) is 0. The summed E-state index contributed by atoms with van der Waals surface area (Å²) in [6.07, 6.45) is 4.16. The number of nitrogens with zero attached hydrogens (tertiary/aromatic N) is 2. The highest BCUT2D eigenvalue weighted by atomic mass is 16.2. The average molecular weight is 424 g/mol. The van der Waals surface area contributed by atoms with Crippen LogP contribution in [0, 0.1) is 18.3 Å². The Morgan fingerprint density at radius 2 is 1.59 bits per heavy atom. The summed E-state index contributed by atoms with van der Waals surface area (Å²) >= 11 is 0. The number of hydrogen-bond donors (Lipinski definition) is 1. The predicted octanol–water partition coefficient (Wildman–Crippen LogP) is 6.63. The van der Waals surface area contributed by atoms with Gasteiger partial charge in [-0.3, -0.25) is 0 Å². The minimum Gasteiger partial charge on any atom is -0.317 e. The molecule has 0 saturated heterocycles. The molecule has 162 valence electrons. The summed E-state index contributed by atoms with van der Waals surface area (Å²) in [5.74, 6) is 0.565. The summed E-state index contributed by atoms with van der Waals surface area (Å²) in [5.41, 5.74) is 5.04. The van der Waals surface area contributed by atoms with Gasteiger partial charge in [-0.2, -0.15) is 5.26 Å². The van der Waals surface area contributed by atoms with E-state index in [0.29, 0.717) is 23.7 Å². The molecule has 3 aromatic rings. The van der Waals surface area contributed by atoms with Crippen molar-refractivity contribution in [3.05, 3.63) is 101 Å². The minimum atomic E-state index is -0.0848. The predicted molar refractivity (Wildman–Crippen MR) is 128 cm³/mol. The van der Waals surface area contributed by atoms with Crippen molar-refractivity contribution in [1.29, 1.82) is 5.26 Å². The van der Waals surface area contributed by atoms with E-state index in [0.717, 1.165) is 31.2 Å². The van der Waals surface area contributed by atoms with Gasteiger partial charge in [0.2, 0.25) is 0 Å². The zero-order chi connectivity index (χ0) is 22.3. The second-order valence-electron chi connectivity index (χ2n) is 8.65. The molecule has 4 rings (SSSR count). The molecule has 3 aromatic carbocycles. The lowest BCUT2D eigenvalue weighted by atomic mass is 9.81. The van der Waals surface area contributed by atoms with Crippen molar-refractivity contribution in [1.82, 2.24) is 4.90 Å². The van der Waals surface area contributed by atoms with E-state index in [-0.39, 0.29) is 12.1 Å². The SMILES string of the molecule is Cc1ccc(CN(C(=O)Nc2ccc(C#N)cc2)C2CCC(c3ccccc3)CC2)cc1. The highest BCUT2D eigenvalue weighted by Crippen LogP contribution is 2.35. The lowest BCUT2D eigenvalue weighted by molar-refractivity contribution is 0.158. The van der Waals surface area contributed by atoms with Gasteiger partial charge in [0.25, 0.3) is 0 Å². The van der Waals surface area contributed by atoms with Gasteiger partial charge in [-0.15, -0.1) is 0 Å². The molecule has 32 heavy (non-hydrogen) atoms. The molecule has 0 radical (unpaired) electrons. The first-order valence-electron chi connectivity index (χ1n) is 11.3. The normalized spacial score (nSPS) is 17.9. The van der Waals surface area contributed by atoms with E-state index < -0.39 is 0 Å². The number of anilines is 1. The van der Waals surface area contributed by atoms with Gasteiger partial charge >= 0.3 is 6.03 Å². The number of benzene rings is 3. The number of amides is 2. The molecule has 1 fully saturated rings. The summed E-state index contributed by atoms with van der Waals surface area (Å²) in [6, 6.07) is 28.4. The van der Waals surface area contributed by atoms with Crippen molar-refractivity contribution in [3.8, 4) is 6.07 Å². The van der Waals surface area contributed by atoms with Crippen molar-refractivity contribution in [2.24, 2.45) is 0 Å². The Hall–Kier alpha value is -3.58. The van der Waals surface area contributed by atoms with E-state index in [9.17, 15) is 4.79 Å². The van der Waals surface area contributed by atoms with Gasteiger partial charge in [0, 0.05) is 18.3 Å². The Morgan fingerprint density at radius 3 is 2.22 bits per heavy atom. The molecule has 2 amide bonds. The number of carbonyl (C=O) groups is 1. The van der Waals surface area contributed by atoms with E-state index in [2.05, 4.69) is 72.9 Å². The second kappa shape index (κ2) is 10.2. The molecule has 0 aromatic heterocycles. The second-order valence-corrected chi connectivity index (χ2v) is 8.65. The standard InChI is InChI=1S/C28H29N3O/c1-21-7-9-23(10-8-21)20-31(28(32)30-26-15-11-22(19-29)12-16-26)27-17-13-25(14-18-27)24-5-3-2-4-6-24/h2-12,15-16,25,27H,13-14,17-18,20H2,1H3,(H,30,32). The number of urea groups is 1. The zero-order valence-corrected chi connectivity index (χ0v) is 18.5. The smallest absolute Gasteiger partial charge is 0.317 e. The fourth-order valence-corrected chi connectivity index (χ4v) is 4.53. The van der Waals surface area contributed by atoms with Gasteiger partial charge in [-0.1, -0.05) is 60.2 Å². The van der Waals surface area contributed by atoms with Crippen LogP contribution in [0.3, 0.4) is 0 Å². The van der Waals surface area contributed by atoms with Gasteiger partial charge in [0.05, 0.1) is 11.6 Å². The zero-order valence-electron chi connectivity index (χ0n) is 18.5. The summed E-state index contributed by atoms with van der Waals surface area (Å²) < 4.78 is 0. The van der Waals surface area contributed by atoms with E-state index in [1.54, 1.807) is 24.3 Å². The van der Waals surface area contributed by atoms with Crippen LogP contribution in [0.15, 0.2) is 78.9 Å². The van der Waals surface area contributed by atoms with Crippen LogP contribution >= 0.6 is 0 Å². The summed E-state index contributed by atoms with van der Waals surface area (Å²) in [4.78, 5) is 15.3. The van der Waals surface area contributed by atoms with Crippen LogP contribution in [0.2, 0.25) is 0 Å². The topological polar surface area (TPSA) is 56.1 Å². The van der Waals surface area contributed by atoms with Gasteiger partial charge < -0.3 is 10.2 Å². The molecule has 0 spiro atoms. The lowest BCUT2D eigenvalue weighted by Gasteiger charge is -2.37. The number of rotatable bonds is 5. The first-order valence-corrected chi connectivity index (χ1v) is 11.3. The molecule has 0 heterocycles. The van der Waals surface area contributed by atoms with Crippen LogP contribution in [0.25, 0.3) is 0 Å². The molecule has 4 heteroatoms. The highest BCUT2D eigenvalue weighted by Gasteiger charge is 2.29. The summed E-state index contributed by atoms with van der Waals surface area (Å²) in [5, 5.41) is 12.1. The molecule has 0 atom stereocenters. The third-order valence-corrected chi connectivity index (χ3v) is 6.41. The fraction of sp³-hybridized carbons (Fsp3) is 0.286. The van der Waals surface area contributed by atoms with E-state index in [4.69, 9.17) is 5.26 Å². The van der Waals surface area contributed by atoms with E-state index >= 15 is 0 Å². The molecule has 0 unspecified atom stereocenters.